The first kappa shape index (κ1) is 16.0. The van der Waals surface area contributed by atoms with Gasteiger partial charge in [-0.25, -0.2) is 15.0 Å². The number of hydrogen-bond acceptors (Lipinski definition) is 7. The molecule has 2 aliphatic rings. The smallest absolute Gasteiger partial charge is 0.185 e. The van der Waals surface area contributed by atoms with Crippen LogP contribution in [-0.4, -0.2) is 37.8 Å². The molecule has 9 heteroatoms. The molecule has 4 heterocycles. The van der Waals surface area contributed by atoms with E-state index in [4.69, 9.17) is 31.5 Å². The molecule has 3 aromatic rings. The molecule has 0 spiro atoms. The Balaban J connectivity index is 1.50. The minimum atomic E-state index is -0.697. The molecule has 0 amide bonds. The van der Waals surface area contributed by atoms with E-state index in [-0.39, 0.29) is 6.10 Å². The number of nitrogen functional groups attached to an aromatic ring is 1. The zero-order chi connectivity index (χ0) is 17.9. The summed E-state index contributed by atoms with van der Waals surface area (Å²) in [6.45, 7) is 2.38. The topological polar surface area (TPSA) is 97.3 Å². The first-order chi connectivity index (χ1) is 12.6. The van der Waals surface area contributed by atoms with Crippen LogP contribution in [0.2, 0.25) is 5.02 Å². The maximum absolute atomic E-state index is 6.30. The van der Waals surface area contributed by atoms with Gasteiger partial charge in [0.1, 0.15) is 23.5 Å². The van der Waals surface area contributed by atoms with Gasteiger partial charge in [-0.1, -0.05) is 23.7 Å². The van der Waals surface area contributed by atoms with Gasteiger partial charge in [0.25, 0.3) is 0 Å². The summed E-state index contributed by atoms with van der Waals surface area (Å²) >= 11 is 5.97. The number of imidazole rings is 1. The zero-order valence-electron chi connectivity index (χ0n) is 13.9. The van der Waals surface area contributed by atoms with Gasteiger partial charge in [-0.3, -0.25) is 4.57 Å². The van der Waals surface area contributed by atoms with Crippen molar-refractivity contribution in [1.82, 2.24) is 19.5 Å². The van der Waals surface area contributed by atoms with Crippen molar-refractivity contribution < 1.29 is 14.2 Å². The molecule has 2 saturated heterocycles. The van der Waals surface area contributed by atoms with Crippen molar-refractivity contribution in [1.29, 1.82) is 0 Å². The summed E-state index contributed by atoms with van der Waals surface area (Å²) in [6.07, 6.45) is 1.91. The minimum absolute atomic E-state index is 0.218. The van der Waals surface area contributed by atoms with Crippen molar-refractivity contribution in [2.24, 2.45) is 0 Å². The number of ether oxygens (including phenoxy) is 3. The van der Waals surface area contributed by atoms with E-state index in [0.29, 0.717) is 28.6 Å². The molecular weight excluding hydrogens is 358 g/mol. The summed E-state index contributed by atoms with van der Waals surface area (Å²) in [7, 11) is 0. The molecule has 26 heavy (non-hydrogen) atoms. The summed E-state index contributed by atoms with van der Waals surface area (Å²) in [5, 5.41) is 0.668. The number of rotatable bonds is 2. The fourth-order valence-electron chi connectivity index (χ4n) is 3.55. The van der Waals surface area contributed by atoms with Gasteiger partial charge in [0.15, 0.2) is 24.0 Å². The van der Waals surface area contributed by atoms with Crippen LogP contribution in [0.5, 0.6) is 0 Å². The Morgan fingerprint density at radius 3 is 2.85 bits per heavy atom. The lowest BCUT2D eigenvalue weighted by Gasteiger charge is -2.28. The lowest BCUT2D eigenvalue weighted by Crippen LogP contribution is -2.39. The molecule has 2 aliphatic heterocycles. The number of nitrogens with zero attached hydrogens (tertiary/aromatic N) is 4. The highest BCUT2D eigenvalue weighted by molar-refractivity contribution is 6.30. The molecule has 0 aliphatic carbocycles. The highest BCUT2D eigenvalue weighted by atomic mass is 35.5. The molecule has 8 nitrogen and oxygen atoms in total. The molecule has 2 aromatic heterocycles. The number of hydrogen-bond donors (Lipinski definition) is 1. The van der Waals surface area contributed by atoms with Gasteiger partial charge < -0.3 is 19.9 Å². The average molecular weight is 374 g/mol. The molecule has 1 unspecified atom stereocenters. The molecule has 1 aromatic carbocycles. The fourth-order valence-corrected chi connectivity index (χ4v) is 3.68. The molecule has 0 bridgehead atoms. The predicted molar refractivity (Wildman–Crippen MR) is 93.3 cm³/mol. The molecule has 134 valence electrons. The van der Waals surface area contributed by atoms with E-state index in [9.17, 15) is 0 Å². The quantitative estimate of drug-likeness (QED) is 0.736. The predicted octanol–water partition coefficient (Wildman–Crippen LogP) is 2.46. The van der Waals surface area contributed by atoms with Gasteiger partial charge in [-0.2, -0.15) is 0 Å². The van der Waals surface area contributed by atoms with E-state index < -0.39 is 18.1 Å². The third-order valence-electron chi connectivity index (χ3n) is 4.97. The van der Waals surface area contributed by atoms with Crippen LogP contribution in [0.1, 0.15) is 25.0 Å². The summed E-state index contributed by atoms with van der Waals surface area (Å²) in [5.74, 6) is 0.330. The van der Waals surface area contributed by atoms with Crippen LogP contribution in [0.4, 0.5) is 5.82 Å². The molecule has 2 fully saturated rings. The maximum atomic E-state index is 6.30. The standard InChI is InChI=1S/C17H16ClN5O3/c1-17-11(25-15(26-17)9-2-4-10(18)5-3-9)6-24-16(17)23-8-22-12-13(19)20-7-21-14(12)23/h2-5,7-8,11,15-16H,6H2,1H3,(H2,19,20,21)/t11-,15?,16-,17-/m1/s1. The first-order valence-corrected chi connectivity index (χ1v) is 8.57. The van der Waals surface area contributed by atoms with Crippen molar-refractivity contribution in [2.75, 3.05) is 12.3 Å². The third kappa shape index (κ3) is 2.23. The Hall–Kier alpha value is -2.26. The van der Waals surface area contributed by atoms with Gasteiger partial charge in [0, 0.05) is 10.6 Å². The van der Waals surface area contributed by atoms with Crippen LogP contribution < -0.4 is 5.73 Å². The SMILES string of the molecule is C[C@@]12OC(c3ccc(Cl)cc3)O[C@@H]1CO[C@H]2n1cnc2c(N)ncnc21. The number of aromatic nitrogens is 4. The van der Waals surface area contributed by atoms with E-state index in [2.05, 4.69) is 15.0 Å². The molecule has 2 N–H and O–H groups in total. The van der Waals surface area contributed by atoms with E-state index >= 15 is 0 Å². The van der Waals surface area contributed by atoms with E-state index in [1.807, 2.05) is 35.8 Å². The normalized spacial score (nSPS) is 30.8. The minimum Gasteiger partial charge on any atom is -0.382 e. The molecule has 4 atom stereocenters. The Morgan fingerprint density at radius 1 is 1.23 bits per heavy atom. The van der Waals surface area contributed by atoms with Gasteiger partial charge in [0.05, 0.1) is 12.9 Å². The average Bonchev–Trinajstić information content (AvgIpc) is 3.27. The van der Waals surface area contributed by atoms with Crippen LogP contribution in [0.15, 0.2) is 36.9 Å². The van der Waals surface area contributed by atoms with Crippen LogP contribution in [0.25, 0.3) is 11.2 Å². The summed E-state index contributed by atoms with van der Waals surface area (Å²) in [6, 6.07) is 7.43. The number of anilines is 1. The molecule has 0 saturated carbocycles. The Morgan fingerprint density at radius 2 is 2.04 bits per heavy atom. The molecular formula is C17H16ClN5O3. The van der Waals surface area contributed by atoms with Crippen molar-refractivity contribution >= 4 is 28.6 Å². The van der Waals surface area contributed by atoms with Crippen molar-refractivity contribution in [2.45, 2.75) is 31.1 Å². The number of benzene rings is 1. The summed E-state index contributed by atoms with van der Waals surface area (Å²) in [4.78, 5) is 12.6. The van der Waals surface area contributed by atoms with Gasteiger partial charge >= 0.3 is 0 Å². The lowest BCUT2D eigenvalue weighted by molar-refractivity contribution is -0.156. The fraction of sp³-hybridized carbons (Fsp3) is 0.353. The largest absolute Gasteiger partial charge is 0.382 e. The van der Waals surface area contributed by atoms with Crippen molar-refractivity contribution in [3.8, 4) is 0 Å². The number of nitrogens with two attached hydrogens (primary N) is 1. The van der Waals surface area contributed by atoms with Crippen LogP contribution in [0.3, 0.4) is 0 Å². The summed E-state index contributed by atoms with van der Waals surface area (Å²) in [5.41, 5.74) is 7.23. The zero-order valence-corrected chi connectivity index (χ0v) is 14.6. The highest BCUT2D eigenvalue weighted by Crippen LogP contribution is 2.49. The maximum Gasteiger partial charge on any atom is 0.185 e. The Labute approximate surface area is 153 Å². The van der Waals surface area contributed by atoms with Crippen LogP contribution in [-0.2, 0) is 14.2 Å². The van der Waals surface area contributed by atoms with Crippen molar-refractivity contribution in [3.05, 3.63) is 47.5 Å². The van der Waals surface area contributed by atoms with E-state index in [0.717, 1.165) is 5.56 Å². The molecule has 5 rings (SSSR count). The van der Waals surface area contributed by atoms with Crippen LogP contribution in [0, 0.1) is 0 Å². The van der Waals surface area contributed by atoms with Crippen LogP contribution >= 0.6 is 11.6 Å². The second kappa shape index (κ2) is 5.62. The number of halogens is 1. The second-order valence-electron chi connectivity index (χ2n) is 6.58. The van der Waals surface area contributed by atoms with Gasteiger partial charge in [-0.15, -0.1) is 0 Å². The summed E-state index contributed by atoms with van der Waals surface area (Å²) < 4.78 is 20.2. The number of fused-ring (bicyclic) bond motifs is 2. The van der Waals surface area contributed by atoms with E-state index in [1.165, 1.54) is 6.33 Å². The Bertz CT molecular complexity index is 978. The molecule has 0 radical (unpaired) electrons. The monoisotopic (exact) mass is 373 g/mol. The third-order valence-corrected chi connectivity index (χ3v) is 5.22. The Kier molecular flexibility index (Phi) is 3.45. The van der Waals surface area contributed by atoms with Gasteiger partial charge in [0.2, 0.25) is 0 Å². The van der Waals surface area contributed by atoms with E-state index in [1.54, 1.807) is 6.33 Å². The lowest BCUT2D eigenvalue weighted by atomic mass is 10.0. The van der Waals surface area contributed by atoms with Crippen molar-refractivity contribution in [3.63, 3.8) is 0 Å². The first-order valence-electron chi connectivity index (χ1n) is 8.19. The highest BCUT2D eigenvalue weighted by Gasteiger charge is 2.58. The second-order valence-corrected chi connectivity index (χ2v) is 7.01. The van der Waals surface area contributed by atoms with Gasteiger partial charge in [-0.05, 0) is 19.1 Å².